The average Bonchev–Trinajstić information content (AvgIpc) is 2.43. The van der Waals surface area contributed by atoms with Crippen LogP contribution in [0.4, 0.5) is 0 Å². The molecule has 0 unspecified atom stereocenters. The van der Waals surface area contributed by atoms with Gasteiger partial charge in [-0.2, -0.15) is 0 Å². The van der Waals surface area contributed by atoms with Gasteiger partial charge < -0.3 is 14.8 Å². The Bertz CT molecular complexity index is 348. The molecule has 0 aliphatic rings. The Morgan fingerprint density at radius 1 is 1.11 bits per heavy atom. The zero-order valence-electron chi connectivity index (χ0n) is 12.0. The monoisotopic (exact) mass is 251 g/mol. The SMILES string of the molecule is CCC(CC)CNCc1cccc(OC)c1OC. The van der Waals surface area contributed by atoms with Crippen LogP contribution in [-0.4, -0.2) is 20.8 Å². The van der Waals surface area contributed by atoms with Gasteiger partial charge in [0.2, 0.25) is 0 Å². The number of para-hydroxylation sites is 1. The fourth-order valence-electron chi connectivity index (χ4n) is 2.08. The normalized spacial score (nSPS) is 10.7. The fourth-order valence-corrected chi connectivity index (χ4v) is 2.08. The smallest absolute Gasteiger partial charge is 0.165 e. The van der Waals surface area contributed by atoms with Gasteiger partial charge in [0.15, 0.2) is 11.5 Å². The minimum Gasteiger partial charge on any atom is -0.493 e. The number of ether oxygens (including phenoxy) is 2. The second-order valence-corrected chi connectivity index (χ2v) is 4.47. The molecule has 1 aromatic carbocycles. The van der Waals surface area contributed by atoms with Crippen molar-refractivity contribution < 1.29 is 9.47 Å². The lowest BCUT2D eigenvalue weighted by Crippen LogP contribution is -2.22. The van der Waals surface area contributed by atoms with E-state index in [0.717, 1.165) is 36.1 Å². The summed E-state index contributed by atoms with van der Waals surface area (Å²) in [6.45, 7) is 6.34. The molecular weight excluding hydrogens is 226 g/mol. The summed E-state index contributed by atoms with van der Waals surface area (Å²) < 4.78 is 10.7. The molecule has 0 bridgehead atoms. The summed E-state index contributed by atoms with van der Waals surface area (Å²) in [4.78, 5) is 0. The van der Waals surface area contributed by atoms with Gasteiger partial charge in [-0.1, -0.05) is 38.8 Å². The van der Waals surface area contributed by atoms with Crippen LogP contribution >= 0.6 is 0 Å². The Kier molecular flexibility index (Phi) is 6.58. The Labute approximate surface area is 110 Å². The van der Waals surface area contributed by atoms with Gasteiger partial charge >= 0.3 is 0 Å². The minimum atomic E-state index is 0.751. The van der Waals surface area contributed by atoms with Crippen LogP contribution in [0, 0.1) is 5.92 Å². The second-order valence-electron chi connectivity index (χ2n) is 4.47. The van der Waals surface area contributed by atoms with E-state index in [1.807, 2.05) is 12.1 Å². The van der Waals surface area contributed by atoms with E-state index >= 15 is 0 Å². The molecule has 18 heavy (non-hydrogen) atoms. The number of rotatable bonds is 8. The van der Waals surface area contributed by atoms with Crippen molar-refractivity contribution in [1.82, 2.24) is 5.32 Å². The summed E-state index contributed by atoms with van der Waals surface area (Å²) in [6, 6.07) is 5.99. The van der Waals surface area contributed by atoms with Crippen molar-refractivity contribution >= 4 is 0 Å². The van der Waals surface area contributed by atoms with E-state index in [1.54, 1.807) is 14.2 Å². The van der Waals surface area contributed by atoms with Gasteiger partial charge in [0.25, 0.3) is 0 Å². The average molecular weight is 251 g/mol. The molecule has 0 atom stereocenters. The second kappa shape index (κ2) is 7.98. The number of hydrogen-bond acceptors (Lipinski definition) is 3. The molecule has 0 spiro atoms. The van der Waals surface area contributed by atoms with Crippen LogP contribution in [0.1, 0.15) is 32.3 Å². The molecule has 0 saturated heterocycles. The van der Waals surface area contributed by atoms with Crippen molar-refractivity contribution in [2.24, 2.45) is 5.92 Å². The molecule has 0 aliphatic carbocycles. The molecular formula is C15H25NO2. The Balaban J connectivity index is 2.61. The van der Waals surface area contributed by atoms with E-state index in [2.05, 4.69) is 25.2 Å². The highest BCUT2D eigenvalue weighted by molar-refractivity contribution is 5.46. The lowest BCUT2D eigenvalue weighted by Gasteiger charge is -2.16. The minimum absolute atomic E-state index is 0.751. The third-order valence-corrected chi connectivity index (χ3v) is 3.39. The van der Waals surface area contributed by atoms with Gasteiger partial charge in [0.05, 0.1) is 14.2 Å². The molecule has 3 nitrogen and oxygen atoms in total. The lowest BCUT2D eigenvalue weighted by atomic mass is 10.0. The molecule has 0 radical (unpaired) electrons. The fraction of sp³-hybridized carbons (Fsp3) is 0.600. The first kappa shape index (κ1) is 14.8. The molecule has 1 aromatic rings. The van der Waals surface area contributed by atoms with Crippen LogP contribution in [0.15, 0.2) is 18.2 Å². The highest BCUT2D eigenvalue weighted by Gasteiger charge is 2.09. The highest BCUT2D eigenvalue weighted by Crippen LogP contribution is 2.30. The van der Waals surface area contributed by atoms with Crippen molar-refractivity contribution in [3.8, 4) is 11.5 Å². The summed E-state index contributed by atoms with van der Waals surface area (Å²) in [7, 11) is 3.35. The van der Waals surface area contributed by atoms with Crippen LogP contribution in [0.5, 0.6) is 11.5 Å². The van der Waals surface area contributed by atoms with Crippen LogP contribution in [0.3, 0.4) is 0 Å². The predicted octanol–water partition coefficient (Wildman–Crippen LogP) is 3.23. The van der Waals surface area contributed by atoms with Gasteiger partial charge in [0.1, 0.15) is 0 Å². The van der Waals surface area contributed by atoms with E-state index in [0.29, 0.717) is 0 Å². The molecule has 0 heterocycles. The Morgan fingerprint density at radius 2 is 1.83 bits per heavy atom. The van der Waals surface area contributed by atoms with Crippen molar-refractivity contribution in [2.45, 2.75) is 33.2 Å². The maximum atomic E-state index is 5.41. The van der Waals surface area contributed by atoms with E-state index in [-0.39, 0.29) is 0 Å². The van der Waals surface area contributed by atoms with Gasteiger partial charge in [-0.3, -0.25) is 0 Å². The van der Waals surface area contributed by atoms with Gasteiger partial charge in [-0.25, -0.2) is 0 Å². The Morgan fingerprint density at radius 3 is 2.39 bits per heavy atom. The predicted molar refractivity (Wildman–Crippen MR) is 75.3 cm³/mol. The van der Waals surface area contributed by atoms with Crippen molar-refractivity contribution in [2.75, 3.05) is 20.8 Å². The maximum Gasteiger partial charge on any atom is 0.165 e. The highest BCUT2D eigenvalue weighted by atomic mass is 16.5. The van der Waals surface area contributed by atoms with Gasteiger partial charge in [0, 0.05) is 12.1 Å². The van der Waals surface area contributed by atoms with E-state index in [1.165, 1.54) is 12.8 Å². The van der Waals surface area contributed by atoms with E-state index in [4.69, 9.17) is 9.47 Å². The molecule has 1 N–H and O–H groups in total. The molecule has 102 valence electrons. The summed E-state index contributed by atoms with van der Waals surface area (Å²) >= 11 is 0. The molecule has 1 rings (SSSR count). The molecule has 0 saturated carbocycles. The van der Waals surface area contributed by atoms with Crippen LogP contribution < -0.4 is 14.8 Å². The molecule has 3 heteroatoms. The molecule has 0 aromatic heterocycles. The van der Waals surface area contributed by atoms with Crippen LogP contribution in [0.25, 0.3) is 0 Å². The number of benzene rings is 1. The first-order valence-electron chi connectivity index (χ1n) is 6.67. The number of methoxy groups -OCH3 is 2. The zero-order valence-corrected chi connectivity index (χ0v) is 12.0. The number of hydrogen-bond donors (Lipinski definition) is 1. The van der Waals surface area contributed by atoms with Crippen LogP contribution in [-0.2, 0) is 6.54 Å². The summed E-state index contributed by atoms with van der Waals surface area (Å²) in [6.07, 6.45) is 2.44. The number of nitrogens with one attached hydrogen (secondary N) is 1. The molecule has 0 amide bonds. The summed E-state index contributed by atoms with van der Waals surface area (Å²) in [5.74, 6) is 2.37. The van der Waals surface area contributed by atoms with E-state index < -0.39 is 0 Å². The van der Waals surface area contributed by atoms with Crippen molar-refractivity contribution in [3.05, 3.63) is 23.8 Å². The molecule has 0 aliphatic heterocycles. The molecule has 0 fully saturated rings. The largest absolute Gasteiger partial charge is 0.493 e. The first-order valence-corrected chi connectivity index (χ1v) is 6.67. The topological polar surface area (TPSA) is 30.5 Å². The van der Waals surface area contributed by atoms with Gasteiger partial charge in [-0.15, -0.1) is 0 Å². The maximum absolute atomic E-state index is 5.41. The van der Waals surface area contributed by atoms with Crippen LogP contribution in [0.2, 0.25) is 0 Å². The standard InChI is InChI=1S/C15H25NO2/c1-5-12(6-2)10-16-11-13-8-7-9-14(17-3)15(13)18-4/h7-9,12,16H,5-6,10-11H2,1-4H3. The van der Waals surface area contributed by atoms with Crippen molar-refractivity contribution in [1.29, 1.82) is 0 Å². The first-order chi connectivity index (χ1) is 8.76. The zero-order chi connectivity index (χ0) is 13.4. The third kappa shape index (κ3) is 3.91. The van der Waals surface area contributed by atoms with Crippen molar-refractivity contribution in [3.63, 3.8) is 0 Å². The van der Waals surface area contributed by atoms with Gasteiger partial charge in [-0.05, 0) is 18.5 Å². The van der Waals surface area contributed by atoms with E-state index in [9.17, 15) is 0 Å². The summed E-state index contributed by atoms with van der Waals surface area (Å²) in [5.41, 5.74) is 1.14. The third-order valence-electron chi connectivity index (χ3n) is 3.39. The Hall–Kier alpha value is -1.22. The summed E-state index contributed by atoms with van der Waals surface area (Å²) in [5, 5.41) is 3.49. The lowest BCUT2D eigenvalue weighted by molar-refractivity contribution is 0.349. The quantitative estimate of drug-likeness (QED) is 0.769.